The lowest BCUT2D eigenvalue weighted by molar-refractivity contribution is 0.593. The lowest BCUT2D eigenvalue weighted by atomic mass is 10.6. The summed E-state index contributed by atoms with van der Waals surface area (Å²) in [4.78, 5) is 34.4. The third kappa shape index (κ3) is 0.935. The largest absolute Gasteiger partial charge is 0.336 e. The molecule has 0 saturated carbocycles. The van der Waals surface area contributed by atoms with Crippen molar-refractivity contribution in [1.82, 2.24) is 13.7 Å². The Morgan fingerprint density at radius 1 is 1.07 bits per heavy atom. The van der Waals surface area contributed by atoms with Gasteiger partial charge in [-0.3, -0.25) is 0 Å². The van der Waals surface area contributed by atoms with Gasteiger partial charge < -0.3 is 0 Å². The fourth-order valence-corrected chi connectivity index (χ4v) is 1.55. The van der Waals surface area contributed by atoms with Crippen molar-refractivity contribution in [3.8, 4) is 0 Å². The van der Waals surface area contributed by atoms with Crippen LogP contribution in [0.25, 0.3) is 0 Å². The summed E-state index contributed by atoms with van der Waals surface area (Å²) >= 11 is 0. The van der Waals surface area contributed by atoms with Gasteiger partial charge in [-0.05, 0) is 0 Å². The zero-order valence-corrected chi connectivity index (χ0v) is 7.47. The molecule has 0 amide bonds. The summed E-state index contributed by atoms with van der Waals surface area (Å²) in [6, 6.07) is 0. The first-order chi connectivity index (χ1) is 6.66. The van der Waals surface area contributed by atoms with Gasteiger partial charge in [0.05, 0.1) is 19.6 Å². The Hall–Kier alpha value is -1.85. The molecule has 14 heavy (non-hydrogen) atoms. The highest BCUT2D eigenvalue weighted by Crippen LogP contribution is 1.85. The second kappa shape index (κ2) is 2.83. The molecular weight excluding hydrogens is 186 g/mol. The van der Waals surface area contributed by atoms with Gasteiger partial charge in [-0.15, -0.1) is 6.58 Å². The summed E-state index contributed by atoms with van der Waals surface area (Å²) in [6.45, 7) is 4.16. The monoisotopic (exact) mass is 195 g/mol. The summed E-state index contributed by atoms with van der Waals surface area (Å²) in [5, 5.41) is 0. The average molecular weight is 195 g/mol. The Kier molecular flexibility index (Phi) is 1.77. The number of allylic oxidation sites excluding steroid dienone is 1. The molecule has 1 aromatic heterocycles. The van der Waals surface area contributed by atoms with Crippen LogP contribution in [0.3, 0.4) is 0 Å². The van der Waals surface area contributed by atoms with E-state index >= 15 is 0 Å². The summed E-state index contributed by atoms with van der Waals surface area (Å²) in [5.74, 6) is 0. The quantitative estimate of drug-likeness (QED) is 0.532. The molecule has 0 fully saturated rings. The molecule has 6 heteroatoms. The van der Waals surface area contributed by atoms with Gasteiger partial charge in [0.25, 0.3) is 0 Å². The van der Waals surface area contributed by atoms with E-state index in [-0.39, 0.29) is 19.6 Å². The standard InChI is InChI=1S/C8H9N3O3/c1-2-3-9-6(12)10-4-5-11(7(9)13)8(10)14/h2H,1,3-5H2. The second-order valence-corrected chi connectivity index (χ2v) is 3.05. The summed E-state index contributed by atoms with van der Waals surface area (Å²) < 4.78 is 3.12. The van der Waals surface area contributed by atoms with Crippen LogP contribution in [-0.2, 0) is 19.6 Å². The Bertz CT molecular complexity index is 518. The SMILES string of the molecule is C=CCn1c(=O)n2c(=O)n(c1=O)CC2. The van der Waals surface area contributed by atoms with E-state index < -0.39 is 17.1 Å². The van der Waals surface area contributed by atoms with Crippen molar-refractivity contribution in [2.75, 3.05) is 0 Å². The maximum Gasteiger partial charge on any atom is 0.336 e. The van der Waals surface area contributed by atoms with Gasteiger partial charge in [0, 0.05) is 0 Å². The van der Waals surface area contributed by atoms with Crippen LogP contribution in [0.15, 0.2) is 27.0 Å². The highest BCUT2D eigenvalue weighted by molar-refractivity contribution is 4.85. The van der Waals surface area contributed by atoms with Crippen LogP contribution < -0.4 is 17.1 Å². The van der Waals surface area contributed by atoms with Gasteiger partial charge in [0.2, 0.25) is 0 Å². The van der Waals surface area contributed by atoms with Gasteiger partial charge >= 0.3 is 17.1 Å². The van der Waals surface area contributed by atoms with E-state index in [2.05, 4.69) is 6.58 Å². The normalized spacial score (nSPS) is 13.1. The molecule has 0 atom stereocenters. The molecule has 6 nitrogen and oxygen atoms in total. The molecule has 0 spiro atoms. The molecule has 2 heterocycles. The highest BCUT2D eigenvalue weighted by atomic mass is 16.2. The Labute approximate surface area is 78.3 Å². The Morgan fingerprint density at radius 3 is 2.00 bits per heavy atom. The van der Waals surface area contributed by atoms with Gasteiger partial charge in [-0.25, -0.2) is 28.1 Å². The van der Waals surface area contributed by atoms with Gasteiger partial charge in [0.15, 0.2) is 0 Å². The summed E-state index contributed by atoms with van der Waals surface area (Å²) in [7, 11) is 0. The van der Waals surface area contributed by atoms with E-state index in [1.165, 1.54) is 6.08 Å². The first-order valence-electron chi connectivity index (χ1n) is 4.22. The fraction of sp³-hybridized carbons (Fsp3) is 0.375. The zero-order chi connectivity index (χ0) is 10.3. The minimum absolute atomic E-state index is 0.137. The molecule has 0 unspecified atom stereocenters. The smallest absolute Gasteiger partial charge is 0.247 e. The molecule has 0 aliphatic carbocycles. The number of hydrogen-bond acceptors (Lipinski definition) is 3. The minimum Gasteiger partial charge on any atom is -0.247 e. The number of fused-ring (bicyclic) bond motifs is 2. The molecular formula is C8H9N3O3. The third-order valence-electron chi connectivity index (χ3n) is 2.24. The number of nitrogens with zero attached hydrogens (tertiary/aromatic N) is 3. The molecule has 0 aromatic carbocycles. The predicted molar refractivity (Wildman–Crippen MR) is 49.4 cm³/mol. The highest BCUT2D eigenvalue weighted by Gasteiger charge is 2.19. The molecule has 74 valence electrons. The minimum atomic E-state index is -0.548. The third-order valence-corrected chi connectivity index (χ3v) is 2.24. The second-order valence-electron chi connectivity index (χ2n) is 3.05. The maximum absolute atomic E-state index is 11.5. The van der Waals surface area contributed by atoms with Crippen LogP contribution in [-0.4, -0.2) is 13.7 Å². The lowest BCUT2D eigenvalue weighted by Gasteiger charge is -2.01. The van der Waals surface area contributed by atoms with Crippen molar-refractivity contribution in [2.45, 2.75) is 19.6 Å². The summed E-state index contributed by atoms with van der Waals surface area (Å²) in [6.07, 6.45) is 1.45. The van der Waals surface area contributed by atoms with Crippen molar-refractivity contribution in [3.63, 3.8) is 0 Å². The van der Waals surface area contributed by atoms with Crippen LogP contribution in [0.4, 0.5) is 0 Å². The van der Waals surface area contributed by atoms with Crippen LogP contribution in [0.1, 0.15) is 0 Å². The predicted octanol–water partition coefficient (Wildman–Crippen LogP) is -1.63. The first-order valence-corrected chi connectivity index (χ1v) is 4.22. The van der Waals surface area contributed by atoms with Gasteiger partial charge in [0.1, 0.15) is 0 Å². The number of rotatable bonds is 2. The zero-order valence-electron chi connectivity index (χ0n) is 7.47. The molecule has 2 rings (SSSR count). The molecule has 1 aliphatic heterocycles. The molecule has 1 aromatic rings. The van der Waals surface area contributed by atoms with Crippen LogP contribution in [0.5, 0.6) is 0 Å². The van der Waals surface area contributed by atoms with E-state index in [1.807, 2.05) is 0 Å². The van der Waals surface area contributed by atoms with Crippen LogP contribution in [0, 0.1) is 0 Å². The van der Waals surface area contributed by atoms with E-state index in [1.54, 1.807) is 0 Å². The topological polar surface area (TPSA) is 66.0 Å². The maximum atomic E-state index is 11.5. The Balaban J connectivity index is 2.89. The van der Waals surface area contributed by atoms with Crippen molar-refractivity contribution in [2.24, 2.45) is 0 Å². The summed E-state index contributed by atoms with van der Waals surface area (Å²) in [5.41, 5.74) is -1.61. The van der Waals surface area contributed by atoms with Crippen LogP contribution in [0.2, 0.25) is 0 Å². The molecule has 0 N–H and O–H groups in total. The number of hydrogen-bond donors (Lipinski definition) is 0. The molecule has 0 saturated heterocycles. The van der Waals surface area contributed by atoms with Crippen molar-refractivity contribution in [1.29, 1.82) is 0 Å². The molecule has 0 radical (unpaired) electrons. The number of aromatic nitrogens is 3. The van der Waals surface area contributed by atoms with Crippen LogP contribution >= 0.6 is 0 Å². The average Bonchev–Trinajstić information content (AvgIpc) is 2.48. The van der Waals surface area contributed by atoms with E-state index in [0.717, 1.165) is 13.7 Å². The van der Waals surface area contributed by atoms with Gasteiger partial charge in [-0.1, -0.05) is 6.08 Å². The van der Waals surface area contributed by atoms with E-state index in [0.29, 0.717) is 0 Å². The van der Waals surface area contributed by atoms with Gasteiger partial charge in [-0.2, -0.15) is 0 Å². The van der Waals surface area contributed by atoms with E-state index in [4.69, 9.17) is 0 Å². The van der Waals surface area contributed by atoms with Crippen molar-refractivity contribution < 1.29 is 0 Å². The van der Waals surface area contributed by atoms with E-state index in [9.17, 15) is 14.4 Å². The molecule has 2 bridgehead atoms. The van der Waals surface area contributed by atoms with Crippen molar-refractivity contribution >= 4 is 0 Å². The molecule has 1 aliphatic rings. The Morgan fingerprint density at radius 2 is 1.57 bits per heavy atom. The first kappa shape index (κ1) is 8.74. The van der Waals surface area contributed by atoms with Crippen molar-refractivity contribution in [3.05, 3.63) is 44.1 Å². The lowest BCUT2D eigenvalue weighted by Crippen LogP contribution is -2.49. The fourth-order valence-electron chi connectivity index (χ4n) is 1.55.